The number of hydrogen-bond acceptors (Lipinski definition) is 4. The van der Waals surface area contributed by atoms with E-state index in [1.165, 1.54) is 4.90 Å². The van der Waals surface area contributed by atoms with Gasteiger partial charge in [0.1, 0.15) is 5.58 Å². The number of carbonyl (C=O) groups excluding carboxylic acids is 3. The number of carbonyl (C=O) groups is 3. The standard InChI is InChI=1S/C25H25N3O4/c1-27(2)25(31)23-14-20-13-18(7-10-22(20)32-23)19-4-3-11-28(15-19)24(30)12-17-5-8-21(9-6-17)26-16-29/h4-10,13-14,16H,3,11-12,15H2,1-2H3,(H,26,29). The van der Waals surface area contributed by atoms with Crippen molar-refractivity contribution >= 4 is 40.5 Å². The summed E-state index contributed by atoms with van der Waals surface area (Å²) in [5.41, 5.74) is 4.36. The maximum Gasteiger partial charge on any atom is 0.289 e. The quantitative estimate of drug-likeness (QED) is 0.605. The third kappa shape index (κ3) is 4.56. The summed E-state index contributed by atoms with van der Waals surface area (Å²) in [7, 11) is 3.38. The summed E-state index contributed by atoms with van der Waals surface area (Å²) in [4.78, 5) is 38.9. The van der Waals surface area contributed by atoms with Gasteiger partial charge in [0.25, 0.3) is 5.91 Å². The predicted molar refractivity (Wildman–Crippen MR) is 123 cm³/mol. The first-order valence-electron chi connectivity index (χ1n) is 10.5. The number of benzene rings is 2. The van der Waals surface area contributed by atoms with E-state index in [9.17, 15) is 14.4 Å². The molecule has 0 aliphatic carbocycles. The fourth-order valence-electron chi connectivity index (χ4n) is 3.81. The van der Waals surface area contributed by atoms with Crippen LogP contribution in [0.3, 0.4) is 0 Å². The number of nitrogens with one attached hydrogen (secondary N) is 1. The van der Waals surface area contributed by atoms with Crippen LogP contribution < -0.4 is 5.32 Å². The van der Waals surface area contributed by atoms with E-state index in [-0.39, 0.29) is 11.8 Å². The van der Waals surface area contributed by atoms with Gasteiger partial charge in [-0.25, -0.2) is 0 Å². The molecule has 3 amide bonds. The zero-order chi connectivity index (χ0) is 22.7. The third-order valence-electron chi connectivity index (χ3n) is 5.54. The van der Waals surface area contributed by atoms with Crippen molar-refractivity contribution in [2.75, 3.05) is 32.5 Å². The largest absolute Gasteiger partial charge is 0.451 e. The van der Waals surface area contributed by atoms with Gasteiger partial charge in [0.2, 0.25) is 12.3 Å². The van der Waals surface area contributed by atoms with Crippen molar-refractivity contribution in [3.8, 4) is 0 Å². The molecule has 0 spiro atoms. The molecule has 0 saturated carbocycles. The van der Waals surface area contributed by atoms with Gasteiger partial charge < -0.3 is 19.5 Å². The Balaban J connectivity index is 1.46. The Morgan fingerprint density at radius 3 is 2.62 bits per heavy atom. The molecule has 3 aromatic rings. The molecule has 2 aromatic carbocycles. The van der Waals surface area contributed by atoms with E-state index in [1.54, 1.807) is 32.3 Å². The molecule has 7 heteroatoms. The summed E-state index contributed by atoms with van der Waals surface area (Å²) in [5, 5.41) is 3.45. The van der Waals surface area contributed by atoms with Gasteiger partial charge in [0.05, 0.1) is 6.42 Å². The Morgan fingerprint density at radius 2 is 1.91 bits per heavy atom. The number of furan rings is 1. The fraction of sp³-hybridized carbons (Fsp3) is 0.240. The molecule has 0 saturated heterocycles. The lowest BCUT2D eigenvalue weighted by Gasteiger charge is -2.28. The number of amides is 3. The van der Waals surface area contributed by atoms with Gasteiger partial charge in [-0.3, -0.25) is 14.4 Å². The number of hydrogen-bond donors (Lipinski definition) is 1. The first kappa shape index (κ1) is 21.4. The average Bonchev–Trinajstić information content (AvgIpc) is 3.23. The molecular formula is C25H25N3O4. The van der Waals surface area contributed by atoms with Gasteiger partial charge in [-0.2, -0.15) is 0 Å². The van der Waals surface area contributed by atoms with Crippen molar-refractivity contribution in [2.24, 2.45) is 0 Å². The van der Waals surface area contributed by atoms with Crippen LogP contribution in [0.2, 0.25) is 0 Å². The van der Waals surface area contributed by atoms with Crippen LogP contribution in [0, 0.1) is 0 Å². The van der Waals surface area contributed by atoms with Crippen LogP contribution in [-0.4, -0.2) is 55.2 Å². The minimum Gasteiger partial charge on any atom is -0.451 e. The van der Waals surface area contributed by atoms with E-state index in [1.807, 2.05) is 35.2 Å². The van der Waals surface area contributed by atoms with Crippen molar-refractivity contribution in [2.45, 2.75) is 12.8 Å². The van der Waals surface area contributed by atoms with Gasteiger partial charge >= 0.3 is 0 Å². The summed E-state index contributed by atoms with van der Waals surface area (Å²) in [6, 6.07) is 14.9. The number of anilines is 1. The lowest BCUT2D eigenvalue weighted by molar-refractivity contribution is -0.130. The second kappa shape index (κ2) is 9.09. The number of rotatable bonds is 6. The zero-order valence-corrected chi connectivity index (χ0v) is 18.1. The molecule has 0 radical (unpaired) electrons. The normalized spacial score (nSPS) is 13.6. The van der Waals surface area contributed by atoms with E-state index in [0.29, 0.717) is 43.0 Å². The average molecular weight is 431 g/mol. The molecule has 4 rings (SSSR count). The van der Waals surface area contributed by atoms with E-state index in [4.69, 9.17) is 4.42 Å². The lowest BCUT2D eigenvalue weighted by Crippen LogP contribution is -2.36. The highest BCUT2D eigenvalue weighted by atomic mass is 16.3. The predicted octanol–water partition coefficient (Wildman–Crippen LogP) is 3.56. The summed E-state index contributed by atoms with van der Waals surface area (Å²) < 4.78 is 5.68. The molecule has 7 nitrogen and oxygen atoms in total. The van der Waals surface area contributed by atoms with E-state index in [2.05, 4.69) is 11.4 Å². The molecule has 0 atom stereocenters. The monoisotopic (exact) mass is 431 g/mol. The fourth-order valence-corrected chi connectivity index (χ4v) is 3.81. The van der Waals surface area contributed by atoms with Crippen LogP contribution in [-0.2, 0) is 16.0 Å². The topological polar surface area (TPSA) is 82.9 Å². The highest BCUT2D eigenvalue weighted by molar-refractivity contribution is 5.96. The summed E-state index contributed by atoms with van der Waals surface area (Å²) in [6.07, 6.45) is 3.89. The van der Waals surface area contributed by atoms with Gasteiger partial charge in [-0.1, -0.05) is 24.3 Å². The van der Waals surface area contributed by atoms with Crippen LogP contribution in [0.4, 0.5) is 5.69 Å². The Hall–Kier alpha value is -3.87. The SMILES string of the molecule is CN(C)C(=O)c1cc2cc(C3=CCCN(C(=O)Cc4ccc(NC=O)cc4)C3)ccc2o1. The second-order valence-corrected chi connectivity index (χ2v) is 8.03. The van der Waals surface area contributed by atoms with Crippen molar-refractivity contribution < 1.29 is 18.8 Å². The number of fused-ring (bicyclic) bond motifs is 1. The molecule has 0 bridgehead atoms. The zero-order valence-electron chi connectivity index (χ0n) is 18.1. The Bertz CT molecular complexity index is 1190. The Morgan fingerprint density at radius 1 is 1.12 bits per heavy atom. The molecule has 1 aliphatic heterocycles. The highest BCUT2D eigenvalue weighted by Crippen LogP contribution is 2.27. The smallest absolute Gasteiger partial charge is 0.289 e. The van der Waals surface area contributed by atoms with Gasteiger partial charge in [0, 0.05) is 38.3 Å². The summed E-state index contributed by atoms with van der Waals surface area (Å²) in [5.74, 6) is 0.201. The minimum atomic E-state index is -0.175. The molecule has 2 heterocycles. The van der Waals surface area contributed by atoms with E-state index >= 15 is 0 Å². The first-order chi connectivity index (χ1) is 15.4. The van der Waals surface area contributed by atoms with Crippen LogP contribution in [0.25, 0.3) is 16.5 Å². The summed E-state index contributed by atoms with van der Waals surface area (Å²) in [6.45, 7) is 1.22. The first-order valence-corrected chi connectivity index (χ1v) is 10.5. The molecule has 1 N–H and O–H groups in total. The highest BCUT2D eigenvalue weighted by Gasteiger charge is 2.20. The Labute approximate surface area is 186 Å². The molecule has 32 heavy (non-hydrogen) atoms. The van der Waals surface area contributed by atoms with E-state index in [0.717, 1.165) is 28.5 Å². The van der Waals surface area contributed by atoms with Crippen molar-refractivity contribution in [3.05, 3.63) is 71.5 Å². The van der Waals surface area contributed by atoms with Crippen molar-refractivity contribution in [1.82, 2.24) is 9.80 Å². The molecule has 1 aromatic heterocycles. The number of nitrogens with zero attached hydrogens (tertiary/aromatic N) is 2. The lowest BCUT2D eigenvalue weighted by atomic mass is 9.99. The van der Waals surface area contributed by atoms with Crippen LogP contribution in [0.15, 0.2) is 59.0 Å². The molecule has 0 unspecified atom stereocenters. The summed E-state index contributed by atoms with van der Waals surface area (Å²) >= 11 is 0. The Kier molecular flexibility index (Phi) is 6.07. The second-order valence-electron chi connectivity index (χ2n) is 8.03. The van der Waals surface area contributed by atoms with Crippen LogP contribution >= 0.6 is 0 Å². The van der Waals surface area contributed by atoms with Gasteiger partial charge in [-0.05, 0) is 53.5 Å². The molecule has 0 fully saturated rings. The molecular weight excluding hydrogens is 406 g/mol. The van der Waals surface area contributed by atoms with Crippen molar-refractivity contribution in [3.63, 3.8) is 0 Å². The molecule has 164 valence electrons. The van der Waals surface area contributed by atoms with Crippen LogP contribution in [0.1, 0.15) is 28.1 Å². The minimum absolute atomic E-state index is 0.0648. The van der Waals surface area contributed by atoms with Gasteiger partial charge in [-0.15, -0.1) is 0 Å². The maximum absolute atomic E-state index is 12.9. The van der Waals surface area contributed by atoms with Gasteiger partial charge in [0.15, 0.2) is 5.76 Å². The third-order valence-corrected chi connectivity index (χ3v) is 5.54. The van der Waals surface area contributed by atoms with E-state index < -0.39 is 0 Å². The maximum atomic E-state index is 12.9. The van der Waals surface area contributed by atoms with Crippen molar-refractivity contribution in [1.29, 1.82) is 0 Å². The van der Waals surface area contributed by atoms with Crippen LogP contribution in [0.5, 0.6) is 0 Å². The molecule has 1 aliphatic rings.